The number of carboxylic acids is 1. The van der Waals surface area contributed by atoms with Crippen molar-refractivity contribution in [2.75, 3.05) is 18.1 Å². The standard InChI is InChI=1S/C17H21N3O3S2/c21-16(22)8-12-24-25-13-10-18-17(23)15-6-9-19-20(15)11-7-14-4-2-1-3-5-14/h1-6,9H,7-8,10-13H2,(H,18,23)(H,21,22). The molecule has 0 fully saturated rings. The Bertz CT molecular complexity index is 677. The van der Waals surface area contributed by atoms with Crippen LogP contribution in [0.2, 0.25) is 0 Å². The first-order valence-electron chi connectivity index (χ1n) is 7.97. The number of nitrogens with one attached hydrogen (secondary N) is 1. The summed E-state index contributed by atoms with van der Waals surface area (Å²) in [7, 11) is 3.07. The number of aryl methyl sites for hydroxylation is 2. The minimum Gasteiger partial charge on any atom is -0.481 e. The molecule has 0 atom stereocenters. The van der Waals surface area contributed by atoms with E-state index in [1.807, 2.05) is 18.2 Å². The molecular formula is C17H21N3O3S2. The van der Waals surface area contributed by atoms with Gasteiger partial charge in [-0.2, -0.15) is 5.10 Å². The van der Waals surface area contributed by atoms with Gasteiger partial charge in [0.05, 0.1) is 6.42 Å². The molecule has 0 saturated heterocycles. The molecule has 0 unspecified atom stereocenters. The van der Waals surface area contributed by atoms with E-state index in [4.69, 9.17) is 5.11 Å². The average molecular weight is 380 g/mol. The zero-order valence-electron chi connectivity index (χ0n) is 13.8. The third kappa shape index (κ3) is 7.23. The number of hydrogen-bond acceptors (Lipinski definition) is 5. The zero-order valence-corrected chi connectivity index (χ0v) is 15.4. The first-order chi connectivity index (χ1) is 12.2. The number of aliphatic carboxylic acids is 1. The van der Waals surface area contributed by atoms with Crippen molar-refractivity contribution in [2.24, 2.45) is 0 Å². The van der Waals surface area contributed by atoms with Gasteiger partial charge in [0, 0.05) is 30.8 Å². The fraction of sp³-hybridized carbons (Fsp3) is 0.353. The molecular weight excluding hydrogens is 358 g/mol. The lowest BCUT2D eigenvalue weighted by Gasteiger charge is -2.08. The Morgan fingerprint density at radius 3 is 2.64 bits per heavy atom. The first kappa shape index (κ1) is 19.4. The highest BCUT2D eigenvalue weighted by Gasteiger charge is 2.11. The van der Waals surface area contributed by atoms with Gasteiger partial charge in [-0.05, 0) is 18.1 Å². The minimum absolute atomic E-state index is 0.137. The molecule has 1 heterocycles. The van der Waals surface area contributed by atoms with Gasteiger partial charge in [0.1, 0.15) is 5.69 Å². The molecule has 0 aliphatic heterocycles. The number of amides is 1. The molecule has 8 heteroatoms. The van der Waals surface area contributed by atoms with Crippen LogP contribution < -0.4 is 5.32 Å². The van der Waals surface area contributed by atoms with Crippen LogP contribution in [0.4, 0.5) is 0 Å². The molecule has 2 N–H and O–H groups in total. The van der Waals surface area contributed by atoms with Crippen molar-refractivity contribution >= 4 is 33.5 Å². The van der Waals surface area contributed by atoms with Crippen molar-refractivity contribution in [1.29, 1.82) is 0 Å². The molecule has 134 valence electrons. The number of carbonyl (C=O) groups is 2. The molecule has 1 aromatic heterocycles. The van der Waals surface area contributed by atoms with E-state index >= 15 is 0 Å². The van der Waals surface area contributed by atoms with E-state index in [-0.39, 0.29) is 12.3 Å². The number of aromatic nitrogens is 2. The molecule has 0 aliphatic carbocycles. The van der Waals surface area contributed by atoms with Crippen LogP contribution in [0, 0.1) is 0 Å². The summed E-state index contributed by atoms with van der Waals surface area (Å²) >= 11 is 0. The Kier molecular flexibility index (Phi) is 8.41. The highest BCUT2D eigenvalue weighted by molar-refractivity contribution is 8.76. The Hall–Kier alpha value is -1.93. The van der Waals surface area contributed by atoms with E-state index < -0.39 is 5.97 Å². The minimum atomic E-state index is -0.787. The highest BCUT2D eigenvalue weighted by Crippen LogP contribution is 2.20. The lowest BCUT2D eigenvalue weighted by atomic mass is 10.1. The van der Waals surface area contributed by atoms with Gasteiger partial charge in [-0.1, -0.05) is 51.9 Å². The second kappa shape index (κ2) is 10.8. The van der Waals surface area contributed by atoms with Crippen molar-refractivity contribution < 1.29 is 14.7 Å². The fourth-order valence-electron chi connectivity index (χ4n) is 2.13. The van der Waals surface area contributed by atoms with Crippen molar-refractivity contribution in [2.45, 2.75) is 19.4 Å². The summed E-state index contributed by atoms with van der Waals surface area (Å²) in [5, 5.41) is 15.7. The average Bonchev–Trinajstić information content (AvgIpc) is 3.08. The van der Waals surface area contributed by atoms with Crippen LogP contribution in [-0.2, 0) is 17.8 Å². The molecule has 1 amide bonds. The van der Waals surface area contributed by atoms with Gasteiger partial charge in [-0.3, -0.25) is 14.3 Å². The van der Waals surface area contributed by atoms with Crippen molar-refractivity contribution in [1.82, 2.24) is 15.1 Å². The second-order valence-corrected chi connectivity index (χ2v) is 7.92. The van der Waals surface area contributed by atoms with E-state index in [0.29, 0.717) is 24.5 Å². The lowest BCUT2D eigenvalue weighted by molar-refractivity contribution is -0.136. The van der Waals surface area contributed by atoms with Gasteiger partial charge in [0.25, 0.3) is 5.91 Å². The topological polar surface area (TPSA) is 84.2 Å². The van der Waals surface area contributed by atoms with E-state index in [2.05, 4.69) is 22.5 Å². The largest absolute Gasteiger partial charge is 0.481 e. The number of nitrogens with zero attached hydrogens (tertiary/aromatic N) is 2. The smallest absolute Gasteiger partial charge is 0.304 e. The molecule has 0 saturated carbocycles. The van der Waals surface area contributed by atoms with Gasteiger partial charge < -0.3 is 10.4 Å². The maximum Gasteiger partial charge on any atom is 0.304 e. The fourth-order valence-corrected chi connectivity index (χ4v) is 4.01. The molecule has 1 aromatic carbocycles. The Balaban J connectivity index is 1.69. The van der Waals surface area contributed by atoms with Crippen LogP contribution >= 0.6 is 21.6 Å². The second-order valence-electron chi connectivity index (χ2n) is 5.22. The monoisotopic (exact) mass is 379 g/mol. The summed E-state index contributed by atoms with van der Waals surface area (Å²) in [6.45, 7) is 1.19. The third-order valence-corrected chi connectivity index (χ3v) is 5.77. The van der Waals surface area contributed by atoms with Crippen molar-refractivity contribution in [3.8, 4) is 0 Å². The Morgan fingerprint density at radius 2 is 1.88 bits per heavy atom. The molecule has 2 rings (SSSR count). The normalized spacial score (nSPS) is 10.6. The molecule has 0 aliphatic rings. The quantitative estimate of drug-likeness (QED) is 0.461. The van der Waals surface area contributed by atoms with Crippen LogP contribution in [0.25, 0.3) is 0 Å². The van der Waals surface area contributed by atoms with E-state index in [1.165, 1.54) is 16.4 Å². The van der Waals surface area contributed by atoms with Crippen LogP contribution in [0.15, 0.2) is 42.6 Å². The molecule has 6 nitrogen and oxygen atoms in total. The summed E-state index contributed by atoms with van der Waals surface area (Å²) in [4.78, 5) is 22.6. The molecule has 0 spiro atoms. The number of carbonyl (C=O) groups excluding carboxylic acids is 1. The Morgan fingerprint density at radius 1 is 1.12 bits per heavy atom. The zero-order chi connectivity index (χ0) is 17.9. The number of benzene rings is 1. The Labute approximate surface area is 154 Å². The summed E-state index contributed by atoms with van der Waals surface area (Å²) in [5.41, 5.74) is 1.76. The maximum absolute atomic E-state index is 12.3. The van der Waals surface area contributed by atoms with Gasteiger partial charge in [0.15, 0.2) is 0 Å². The van der Waals surface area contributed by atoms with Crippen molar-refractivity contribution in [3.63, 3.8) is 0 Å². The molecule has 0 bridgehead atoms. The molecule has 0 radical (unpaired) electrons. The predicted molar refractivity (Wildman–Crippen MR) is 102 cm³/mol. The van der Waals surface area contributed by atoms with Crippen LogP contribution in [0.1, 0.15) is 22.5 Å². The predicted octanol–water partition coefficient (Wildman–Crippen LogP) is 2.71. The van der Waals surface area contributed by atoms with Gasteiger partial charge in [0.2, 0.25) is 0 Å². The number of rotatable bonds is 11. The van der Waals surface area contributed by atoms with E-state index in [0.717, 1.165) is 12.2 Å². The summed E-state index contributed by atoms with van der Waals surface area (Å²) in [5.74, 6) is 0.376. The maximum atomic E-state index is 12.3. The molecule has 25 heavy (non-hydrogen) atoms. The first-order valence-corrected chi connectivity index (χ1v) is 10.5. The van der Waals surface area contributed by atoms with Crippen LogP contribution in [-0.4, -0.2) is 44.8 Å². The van der Waals surface area contributed by atoms with Crippen LogP contribution in [0.5, 0.6) is 0 Å². The lowest BCUT2D eigenvalue weighted by Crippen LogP contribution is -2.28. The highest BCUT2D eigenvalue weighted by atomic mass is 33.1. The van der Waals surface area contributed by atoms with Gasteiger partial charge in [-0.25, -0.2) is 0 Å². The number of carboxylic acid groups (broad SMARTS) is 1. The van der Waals surface area contributed by atoms with Crippen LogP contribution in [0.3, 0.4) is 0 Å². The van der Waals surface area contributed by atoms with E-state index in [1.54, 1.807) is 27.7 Å². The van der Waals surface area contributed by atoms with Gasteiger partial charge >= 0.3 is 5.97 Å². The summed E-state index contributed by atoms with van der Waals surface area (Å²) in [6, 6.07) is 11.8. The molecule has 2 aromatic rings. The third-order valence-electron chi connectivity index (χ3n) is 3.36. The SMILES string of the molecule is O=C(O)CCSSCCNC(=O)c1ccnn1CCc1ccccc1. The summed E-state index contributed by atoms with van der Waals surface area (Å²) < 4.78 is 1.72. The van der Waals surface area contributed by atoms with Crippen molar-refractivity contribution in [3.05, 3.63) is 53.9 Å². The van der Waals surface area contributed by atoms with E-state index in [9.17, 15) is 9.59 Å². The summed E-state index contributed by atoms with van der Waals surface area (Å²) in [6.07, 6.45) is 2.61. The van der Waals surface area contributed by atoms with Gasteiger partial charge in [-0.15, -0.1) is 0 Å². The number of hydrogen-bond donors (Lipinski definition) is 2.